The molecule has 0 fully saturated rings. The van der Waals surface area contributed by atoms with E-state index in [-0.39, 0.29) is 6.42 Å². The summed E-state index contributed by atoms with van der Waals surface area (Å²) in [6.07, 6.45) is -5.58. The zero-order chi connectivity index (χ0) is 18.7. The van der Waals surface area contributed by atoms with Crippen molar-refractivity contribution in [1.29, 1.82) is 0 Å². The Morgan fingerprint density at radius 1 is 1.17 bits per heavy atom. The topological polar surface area (TPSA) is 72.5 Å². The van der Waals surface area contributed by atoms with Crippen molar-refractivity contribution in [3.05, 3.63) is 12.2 Å². The van der Waals surface area contributed by atoms with Crippen LogP contribution in [0.2, 0.25) is 0 Å². The van der Waals surface area contributed by atoms with Gasteiger partial charge in [0.2, 0.25) is 0 Å². The first kappa shape index (κ1) is 21.7. The summed E-state index contributed by atoms with van der Waals surface area (Å²) in [4.78, 5) is 11.0. The van der Waals surface area contributed by atoms with Crippen LogP contribution in [0.4, 0.5) is 26.3 Å². The van der Waals surface area contributed by atoms with Crippen LogP contribution in [0.1, 0.15) is 26.7 Å². The first-order chi connectivity index (χ1) is 10.1. The van der Waals surface area contributed by atoms with Crippen molar-refractivity contribution in [2.24, 2.45) is 0 Å². The zero-order valence-electron chi connectivity index (χ0n) is 12.1. The van der Waals surface area contributed by atoms with Crippen LogP contribution in [-0.2, 0) is 19.6 Å². The van der Waals surface area contributed by atoms with E-state index < -0.39 is 51.8 Å². The van der Waals surface area contributed by atoms with E-state index in [1.54, 1.807) is 0 Å². The van der Waals surface area contributed by atoms with Gasteiger partial charge in [0, 0.05) is 12.0 Å². The van der Waals surface area contributed by atoms with E-state index in [0.717, 1.165) is 6.92 Å². The van der Waals surface area contributed by atoms with Crippen LogP contribution in [0, 0.1) is 0 Å². The van der Waals surface area contributed by atoms with Gasteiger partial charge >= 0.3 is 27.7 Å². The van der Waals surface area contributed by atoms with Crippen LogP contribution >= 0.6 is 0 Å². The van der Waals surface area contributed by atoms with Crippen LogP contribution in [0.5, 0.6) is 0 Å². The minimum atomic E-state index is -5.65. The molecule has 1 atom stereocenters. The monoisotopic (exact) mass is 371 g/mol. The second-order valence-electron chi connectivity index (χ2n) is 4.83. The molecule has 0 bridgehead atoms. The molecule has 0 spiro atoms. The molecule has 136 valence electrons. The van der Waals surface area contributed by atoms with Crippen LogP contribution in [0.3, 0.4) is 0 Å². The number of alkyl halides is 6. The molecule has 0 radical (unpaired) electrons. The number of nitrogens with one attached hydrogen (secondary N) is 1. The van der Waals surface area contributed by atoms with Crippen LogP contribution in [0.25, 0.3) is 0 Å². The lowest BCUT2D eigenvalue weighted by Gasteiger charge is -2.29. The molecule has 1 unspecified atom stereocenters. The van der Waals surface area contributed by atoms with Gasteiger partial charge in [0.05, 0.1) is 6.61 Å². The predicted octanol–water partition coefficient (Wildman–Crippen LogP) is 2.65. The Kier molecular flexibility index (Phi) is 6.67. The van der Waals surface area contributed by atoms with Gasteiger partial charge in [-0.25, -0.2) is 17.9 Å². The van der Waals surface area contributed by atoms with Crippen molar-refractivity contribution in [2.45, 2.75) is 43.9 Å². The lowest BCUT2D eigenvalue weighted by molar-refractivity contribution is -0.151. The molecule has 0 saturated carbocycles. The minimum Gasteiger partial charge on any atom is -0.462 e. The summed E-state index contributed by atoms with van der Waals surface area (Å²) >= 11 is 0. The van der Waals surface area contributed by atoms with Crippen molar-refractivity contribution in [3.63, 3.8) is 0 Å². The molecule has 23 heavy (non-hydrogen) atoms. The van der Waals surface area contributed by atoms with Gasteiger partial charge in [-0.15, -0.1) is 0 Å². The molecule has 0 saturated heterocycles. The molecule has 0 aliphatic heterocycles. The van der Waals surface area contributed by atoms with Crippen molar-refractivity contribution in [1.82, 2.24) is 4.72 Å². The average Bonchev–Trinajstić information content (AvgIpc) is 2.34. The molecule has 0 amide bonds. The molecule has 0 aromatic rings. The number of halogens is 6. The van der Waals surface area contributed by atoms with E-state index in [9.17, 15) is 39.6 Å². The predicted molar refractivity (Wildman–Crippen MR) is 67.6 cm³/mol. The summed E-state index contributed by atoms with van der Waals surface area (Å²) < 4.78 is 101. The maximum absolute atomic E-state index is 12.3. The maximum atomic E-state index is 12.3. The third kappa shape index (κ3) is 6.37. The second kappa shape index (κ2) is 7.07. The van der Waals surface area contributed by atoms with E-state index in [1.807, 2.05) is 0 Å². The Balaban J connectivity index is 4.80. The van der Waals surface area contributed by atoms with Gasteiger partial charge in [-0.2, -0.15) is 26.3 Å². The lowest BCUT2D eigenvalue weighted by Crippen LogP contribution is -2.50. The van der Waals surface area contributed by atoms with Gasteiger partial charge in [0.1, 0.15) is 5.57 Å². The summed E-state index contributed by atoms with van der Waals surface area (Å²) in [6, 6.07) is 0. The summed E-state index contributed by atoms with van der Waals surface area (Å²) in [5.41, 5.74) is -8.97. The van der Waals surface area contributed by atoms with Gasteiger partial charge in [-0.3, -0.25) is 0 Å². The van der Waals surface area contributed by atoms with Gasteiger partial charge in [-0.1, -0.05) is 13.5 Å². The Morgan fingerprint density at radius 3 is 2.00 bits per heavy atom. The van der Waals surface area contributed by atoms with Gasteiger partial charge in [0.25, 0.3) is 0 Å². The molecule has 0 heterocycles. The molecule has 12 heteroatoms. The Hall–Kier alpha value is -1.30. The molecular weight excluding hydrogens is 356 g/mol. The lowest BCUT2D eigenvalue weighted by atomic mass is 9.97. The van der Waals surface area contributed by atoms with E-state index in [1.165, 1.54) is 11.6 Å². The molecule has 0 aliphatic carbocycles. The summed E-state index contributed by atoms with van der Waals surface area (Å²) in [5, 5.41) is 0. The van der Waals surface area contributed by atoms with Crippen LogP contribution in [-0.4, -0.2) is 38.2 Å². The molecule has 0 aliphatic rings. The van der Waals surface area contributed by atoms with Gasteiger partial charge < -0.3 is 4.74 Å². The minimum absolute atomic E-state index is 0.125. The van der Waals surface area contributed by atoms with Crippen molar-refractivity contribution >= 4 is 16.0 Å². The first-order valence-electron chi connectivity index (χ1n) is 6.09. The number of hydrogen-bond donors (Lipinski definition) is 1. The fraction of sp³-hybridized carbons (Fsp3) is 0.727. The van der Waals surface area contributed by atoms with Crippen molar-refractivity contribution in [2.75, 3.05) is 6.61 Å². The Labute approximate surface area is 128 Å². The molecule has 1 N–H and O–H groups in total. The van der Waals surface area contributed by atoms with Crippen LogP contribution < -0.4 is 4.72 Å². The summed E-state index contributed by atoms with van der Waals surface area (Å²) in [6.45, 7) is 4.23. The van der Waals surface area contributed by atoms with Crippen molar-refractivity contribution < 1.29 is 44.3 Å². The molecule has 5 nitrogen and oxygen atoms in total. The van der Waals surface area contributed by atoms with Crippen molar-refractivity contribution in [3.8, 4) is 0 Å². The Bertz CT molecular complexity index is 554. The average molecular weight is 371 g/mol. The first-order valence-corrected chi connectivity index (χ1v) is 7.57. The van der Waals surface area contributed by atoms with E-state index in [4.69, 9.17) is 0 Å². The number of ether oxygens (including phenoxy) is 1. The quantitative estimate of drug-likeness (QED) is 0.424. The highest BCUT2D eigenvalue weighted by molar-refractivity contribution is 7.90. The van der Waals surface area contributed by atoms with Gasteiger partial charge in [-0.05, 0) is 13.3 Å². The summed E-state index contributed by atoms with van der Waals surface area (Å²) in [5.74, 6) is -1.78. The number of esters is 1. The molecule has 0 aromatic carbocycles. The smallest absolute Gasteiger partial charge is 0.462 e. The number of carbonyl (C=O) groups is 1. The standard InChI is InChI=1S/C11H15F6NO4S/c1-4-9(3,18-23(20,21)11(15,16)17)5-6-22-8(19)7(2)10(12,13)14/h18H,2,4-6H2,1,3H3. The maximum Gasteiger partial charge on any atom is 0.511 e. The molecule has 0 aromatic heterocycles. The third-order valence-electron chi connectivity index (χ3n) is 2.94. The normalized spacial score (nSPS) is 15.8. The zero-order valence-corrected chi connectivity index (χ0v) is 13.0. The Morgan fingerprint density at radius 2 is 1.65 bits per heavy atom. The highest BCUT2D eigenvalue weighted by Gasteiger charge is 2.48. The van der Waals surface area contributed by atoms with E-state index in [2.05, 4.69) is 11.3 Å². The SMILES string of the molecule is C=C(C(=O)OCCC(C)(CC)NS(=O)(=O)C(F)(F)F)C(F)(F)F. The number of hydrogen-bond acceptors (Lipinski definition) is 4. The van der Waals surface area contributed by atoms with Crippen LogP contribution in [0.15, 0.2) is 12.2 Å². The number of rotatable bonds is 7. The van der Waals surface area contributed by atoms with Gasteiger partial charge in [0.15, 0.2) is 0 Å². The van der Waals surface area contributed by atoms with E-state index in [0.29, 0.717) is 0 Å². The van der Waals surface area contributed by atoms with E-state index >= 15 is 0 Å². The fourth-order valence-electron chi connectivity index (χ4n) is 1.25. The fourth-order valence-corrected chi connectivity index (χ4v) is 2.26. The third-order valence-corrected chi connectivity index (χ3v) is 4.31. The number of sulfonamides is 1. The summed E-state index contributed by atoms with van der Waals surface area (Å²) in [7, 11) is -5.65. The molecular formula is C11H15F6NO4S. The second-order valence-corrected chi connectivity index (χ2v) is 6.50. The molecule has 0 rings (SSSR count). The number of carbonyl (C=O) groups excluding carboxylic acids is 1. The largest absolute Gasteiger partial charge is 0.511 e. The highest BCUT2D eigenvalue weighted by Crippen LogP contribution is 2.27. The highest BCUT2D eigenvalue weighted by atomic mass is 32.2.